The molecule has 26 heavy (non-hydrogen) atoms. The molecule has 0 atom stereocenters. The topological polar surface area (TPSA) is 32.6 Å². The Hall–Kier alpha value is -1.36. The van der Waals surface area contributed by atoms with Crippen LogP contribution in [0.5, 0.6) is 5.75 Å². The van der Waals surface area contributed by atoms with Gasteiger partial charge in [-0.1, -0.05) is 0 Å². The SMILES string of the molecule is CCCC[I-]c1cc(C2CCCCC2)cc(C=Nc2ccccc2)c1O. The molecule has 1 N–H and O–H groups in total. The van der Waals surface area contributed by atoms with E-state index in [1.54, 1.807) is 0 Å². The summed E-state index contributed by atoms with van der Waals surface area (Å²) >= 11 is -0.136. The predicted molar refractivity (Wildman–Crippen MR) is 106 cm³/mol. The molecule has 0 bridgehead atoms. The van der Waals surface area contributed by atoms with Crippen LogP contribution in [0.2, 0.25) is 0 Å². The number of aromatic hydroxyl groups is 1. The number of hydrogen-bond acceptors (Lipinski definition) is 2. The Bertz CT molecular complexity index is 720. The van der Waals surface area contributed by atoms with Crippen LogP contribution in [0.25, 0.3) is 0 Å². The van der Waals surface area contributed by atoms with Crippen molar-refractivity contribution in [3.8, 4) is 5.75 Å². The van der Waals surface area contributed by atoms with Crippen LogP contribution in [0.15, 0.2) is 47.5 Å². The van der Waals surface area contributed by atoms with Crippen molar-refractivity contribution >= 4 is 11.9 Å². The van der Waals surface area contributed by atoms with Crippen LogP contribution < -0.4 is 21.2 Å². The number of para-hydroxylation sites is 1. The molecule has 1 fully saturated rings. The van der Waals surface area contributed by atoms with E-state index in [1.807, 2.05) is 36.5 Å². The molecule has 0 aromatic heterocycles. The first kappa shape index (κ1) is 19.4. The molecule has 0 saturated heterocycles. The van der Waals surface area contributed by atoms with Gasteiger partial charge in [-0.05, 0) is 0 Å². The van der Waals surface area contributed by atoms with Crippen LogP contribution >= 0.6 is 0 Å². The molecule has 0 unspecified atom stereocenters. The second-order valence-electron chi connectivity index (χ2n) is 7.05. The molecule has 0 radical (unpaired) electrons. The zero-order valence-corrected chi connectivity index (χ0v) is 17.8. The number of alkyl halides is 1. The van der Waals surface area contributed by atoms with E-state index in [1.165, 1.54) is 58.5 Å². The second-order valence-corrected chi connectivity index (χ2v) is 10.0. The van der Waals surface area contributed by atoms with Gasteiger partial charge in [0.15, 0.2) is 0 Å². The average Bonchev–Trinajstić information content (AvgIpc) is 2.70. The quantitative estimate of drug-likeness (QED) is 0.292. The molecule has 0 spiro atoms. The van der Waals surface area contributed by atoms with E-state index in [4.69, 9.17) is 0 Å². The Balaban J connectivity index is 1.89. The van der Waals surface area contributed by atoms with Crippen LogP contribution in [-0.4, -0.2) is 15.7 Å². The molecule has 3 rings (SSSR count). The van der Waals surface area contributed by atoms with Gasteiger partial charge < -0.3 is 0 Å². The summed E-state index contributed by atoms with van der Waals surface area (Å²) in [7, 11) is 0. The van der Waals surface area contributed by atoms with Gasteiger partial charge in [0, 0.05) is 0 Å². The first-order valence-electron chi connectivity index (χ1n) is 9.83. The number of unbranched alkanes of at least 4 members (excludes halogenated alkanes) is 1. The fourth-order valence-corrected chi connectivity index (χ4v) is 6.45. The van der Waals surface area contributed by atoms with E-state index in [9.17, 15) is 5.11 Å². The van der Waals surface area contributed by atoms with Gasteiger partial charge in [0.1, 0.15) is 0 Å². The average molecular weight is 462 g/mol. The van der Waals surface area contributed by atoms with Gasteiger partial charge in [-0.25, -0.2) is 0 Å². The second kappa shape index (κ2) is 10.1. The molecular weight excluding hydrogens is 433 g/mol. The summed E-state index contributed by atoms with van der Waals surface area (Å²) in [6, 6.07) is 14.5. The normalized spacial score (nSPS) is 15.7. The summed E-state index contributed by atoms with van der Waals surface area (Å²) in [4.78, 5) is 4.59. The van der Waals surface area contributed by atoms with E-state index in [0.717, 1.165) is 11.3 Å². The summed E-state index contributed by atoms with van der Waals surface area (Å²) in [6.07, 6.45) is 10.9. The van der Waals surface area contributed by atoms with Crippen molar-refractivity contribution in [3.05, 3.63) is 57.2 Å². The summed E-state index contributed by atoms with van der Waals surface area (Å²) in [5, 5.41) is 10.8. The standard InChI is InChI=1S/C23H29INO/c1-2-3-14-24-22-16-19(18-10-6-4-7-11-18)15-20(23(22)26)17-25-21-12-8-5-9-13-21/h5,8-9,12-13,15-18,26H,2-4,6-7,10-11,14H2,1H3/q-1. The Morgan fingerprint density at radius 1 is 1.12 bits per heavy atom. The molecule has 1 saturated carbocycles. The van der Waals surface area contributed by atoms with Gasteiger partial charge in [-0.3, -0.25) is 0 Å². The summed E-state index contributed by atoms with van der Waals surface area (Å²) in [5.74, 6) is 1.12. The third-order valence-electron chi connectivity index (χ3n) is 5.03. The number of halogens is 1. The third-order valence-corrected chi connectivity index (χ3v) is 7.97. The third kappa shape index (κ3) is 5.32. The number of rotatable bonds is 7. The van der Waals surface area contributed by atoms with Gasteiger partial charge in [0.05, 0.1) is 0 Å². The van der Waals surface area contributed by atoms with E-state index < -0.39 is 0 Å². The van der Waals surface area contributed by atoms with Gasteiger partial charge in [0.25, 0.3) is 0 Å². The molecule has 1 aliphatic carbocycles. The first-order chi connectivity index (χ1) is 12.8. The fraction of sp³-hybridized carbons (Fsp3) is 0.435. The Morgan fingerprint density at radius 3 is 2.62 bits per heavy atom. The number of phenolic OH excluding ortho intramolecular Hbond substituents is 1. The molecule has 2 aromatic carbocycles. The number of benzene rings is 2. The van der Waals surface area contributed by atoms with Crippen LogP contribution in [-0.2, 0) is 0 Å². The summed E-state index contributed by atoms with van der Waals surface area (Å²) < 4.78 is 2.45. The van der Waals surface area contributed by atoms with Gasteiger partial charge in [-0.15, -0.1) is 0 Å². The maximum absolute atomic E-state index is 10.8. The van der Waals surface area contributed by atoms with Crippen LogP contribution in [0.3, 0.4) is 0 Å². The number of phenols is 1. The van der Waals surface area contributed by atoms with Gasteiger partial charge in [0.2, 0.25) is 0 Å². The minimum absolute atomic E-state index is 0.136. The van der Waals surface area contributed by atoms with E-state index in [2.05, 4.69) is 24.0 Å². The molecule has 2 nitrogen and oxygen atoms in total. The van der Waals surface area contributed by atoms with E-state index in [0.29, 0.717) is 11.7 Å². The number of hydrogen-bond donors (Lipinski definition) is 1. The van der Waals surface area contributed by atoms with Crippen molar-refractivity contribution in [2.24, 2.45) is 4.99 Å². The zero-order valence-electron chi connectivity index (χ0n) is 15.6. The Labute approximate surface area is 168 Å². The monoisotopic (exact) mass is 462 g/mol. The van der Waals surface area contributed by atoms with Crippen molar-refractivity contribution in [3.63, 3.8) is 0 Å². The van der Waals surface area contributed by atoms with Crippen molar-refractivity contribution in [2.75, 3.05) is 4.43 Å². The first-order valence-corrected chi connectivity index (χ1v) is 12.4. The molecule has 3 heteroatoms. The van der Waals surface area contributed by atoms with Crippen molar-refractivity contribution in [2.45, 2.75) is 57.8 Å². The zero-order chi connectivity index (χ0) is 18.2. The Morgan fingerprint density at radius 2 is 1.88 bits per heavy atom. The molecule has 0 heterocycles. The van der Waals surface area contributed by atoms with Crippen molar-refractivity contribution in [1.29, 1.82) is 0 Å². The molecule has 140 valence electrons. The van der Waals surface area contributed by atoms with Gasteiger partial charge >= 0.3 is 168 Å². The van der Waals surface area contributed by atoms with E-state index >= 15 is 0 Å². The van der Waals surface area contributed by atoms with E-state index in [-0.39, 0.29) is 21.2 Å². The molecular formula is C23H29INO-. The molecule has 1 aliphatic rings. The van der Waals surface area contributed by atoms with Crippen LogP contribution in [0.1, 0.15) is 68.9 Å². The van der Waals surface area contributed by atoms with Crippen molar-refractivity contribution in [1.82, 2.24) is 0 Å². The van der Waals surface area contributed by atoms with Gasteiger partial charge in [-0.2, -0.15) is 0 Å². The minimum atomic E-state index is -0.136. The predicted octanol–water partition coefficient (Wildman–Crippen LogP) is 3.25. The number of aliphatic imine (C=N–C) groups is 1. The fourth-order valence-electron chi connectivity index (χ4n) is 3.47. The van der Waals surface area contributed by atoms with Crippen LogP contribution in [0.4, 0.5) is 5.69 Å². The van der Waals surface area contributed by atoms with Crippen molar-refractivity contribution < 1.29 is 26.3 Å². The van der Waals surface area contributed by atoms with Crippen LogP contribution in [0, 0.1) is 3.57 Å². The summed E-state index contributed by atoms with van der Waals surface area (Å²) in [5.41, 5.74) is 3.24. The Kier molecular flexibility index (Phi) is 7.54. The molecule has 2 aromatic rings. The number of nitrogens with zero attached hydrogens (tertiary/aromatic N) is 1. The molecule has 0 amide bonds. The molecule has 0 aliphatic heterocycles. The summed E-state index contributed by atoms with van der Waals surface area (Å²) in [6.45, 7) is 2.24. The maximum atomic E-state index is 10.8.